The molecule has 4 aromatic rings. The minimum absolute atomic E-state index is 0.462. The van der Waals surface area contributed by atoms with Gasteiger partial charge in [0.05, 0.1) is 33.4 Å². The highest BCUT2D eigenvalue weighted by molar-refractivity contribution is 7.18. The van der Waals surface area contributed by atoms with Gasteiger partial charge in [0, 0.05) is 23.9 Å². The molecule has 0 radical (unpaired) electrons. The summed E-state index contributed by atoms with van der Waals surface area (Å²) < 4.78 is 5.28. The number of nitrogens with zero attached hydrogens (tertiary/aromatic N) is 3. The standard InChI is InChI=1S/C24H22Cl2N4OS/c1-4-9-27-24-28-13-21(32-24)19-12-20(22-17(25)10-16(31-3)11-18(22)26)30-23(29-19)15-7-5-14(2)6-8-15/h5-8,10-13H,4,9H2,1-3H3,(H,27,28). The van der Waals surface area contributed by atoms with Crippen LogP contribution in [0.2, 0.25) is 10.0 Å². The summed E-state index contributed by atoms with van der Waals surface area (Å²) in [4.78, 5) is 15.1. The van der Waals surface area contributed by atoms with Crippen LogP contribution < -0.4 is 10.1 Å². The van der Waals surface area contributed by atoms with Crippen LogP contribution >= 0.6 is 34.5 Å². The first-order valence-corrected chi connectivity index (χ1v) is 11.7. The average molecular weight is 485 g/mol. The molecule has 0 saturated carbocycles. The number of thiazole rings is 1. The van der Waals surface area contributed by atoms with E-state index in [0.717, 1.165) is 34.2 Å². The third kappa shape index (κ3) is 4.88. The van der Waals surface area contributed by atoms with Crippen LogP contribution in [0.25, 0.3) is 33.2 Å². The monoisotopic (exact) mass is 484 g/mol. The van der Waals surface area contributed by atoms with Gasteiger partial charge in [-0.05, 0) is 31.5 Å². The Morgan fingerprint density at radius 1 is 1.00 bits per heavy atom. The van der Waals surface area contributed by atoms with Crippen molar-refractivity contribution in [3.63, 3.8) is 0 Å². The fourth-order valence-electron chi connectivity index (χ4n) is 3.15. The predicted octanol–water partition coefficient (Wildman–Crippen LogP) is 7.38. The molecule has 0 aliphatic rings. The van der Waals surface area contributed by atoms with E-state index in [1.165, 1.54) is 5.56 Å². The molecular weight excluding hydrogens is 463 g/mol. The summed E-state index contributed by atoms with van der Waals surface area (Å²) in [5, 5.41) is 5.11. The summed E-state index contributed by atoms with van der Waals surface area (Å²) in [7, 11) is 1.58. The third-order valence-electron chi connectivity index (χ3n) is 4.83. The van der Waals surface area contributed by atoms with Crippen LogP contribution in [-0.2, 0) is 0 Å². The molecule has 0 aliphatic carbocycles. The van der Waals surface area contributed by atoms with Crippen molar-refractivity contribution in [2.45, 2.75) is 20.3 Å². The summed E-state index contributed by atoms with van der Waals surface area (Å²) >= 11 is 14.7. The summed E-state index contributed by atoms with van der Waals surface area (Å²) in [6, 6.07) is 13.5. The van der Waals surface area contributed by atoms with E-state index in [1.54, 1.807) is 30.6 Å². The summed E-state index contributed by atoms with van der Waals surface area (Å²) in [5.41, 5.74) is 4.11. The molecule has 0 spiro atoms. The number of hydrogen-bond acceptors (Lipinski definition) is 6. The molecule has 5 nitrogen and oxygen atoms in total. The van der Waals surface area contributed by atoms with Crippen LogP contribution in [-0.4, -0.2) is 28.6 Å². The van der Waals surface area contributed by atoms with E-state index in [0.29, 0.717) is 32.9 Å². The Hall–Kier alpha value is -2.67. The Bertz CT molecular complexity index is 1220. The maximum Gasteiger partial charge on any atom is 0.183 e. The number of aromatic nitrogens is 3. The van der Waals surface area contributed by atoms with Crippen LogP contribution in [0.1, 0.15) is 18.9 Å². The van der Waals surface area contributed by atoms with Gasteiger partial charge in [-0.1, -0.05) is 71.3 Å². The lowest BCUT2D eigenvalue weighted by Crippen LogP contribution is -1.98. The minimum atomic E-state index is 0.462. The van der Waals surface area contributed by atoms with Gasteiger partial charge in [-0.2, -0.15) is 0 Å². The van der Waals surface area contributed by atoms with E-state index in [2.05, 4.69) is 17.2 Å². The van der Waals surface area contributed by atoms with E-state index in [-0.39, 0.29) is 0 Å². The predicted molar refractivity (Wildman–Crippen MR) is 134 cm³/mol. The molecule has 2 aromatic heterocycles. The summed E-state index contributed by atoms with van der Waals surface area (Å²) in [5.74, 6) is 1.18. The first-order chi connectivity index (χ1) is 15.5. The fraction of sp³-hybridized carbons (Fsp3) is 0.208. The first kappa shape index (κ1) is 22.5. The number of aryl methyl sites for hydroxylation is 1. The number of halogens is 2. The smallest absolute Gasteiger partial charge is 0.183 e. The number of methoxy groups -OCH3 is 1. The molecule has 0 bridgehead atoms. The van der Waals surface area contributed by atoms with Crippen molar-refractivity contribution in [3.8, 4) is 39.0 Å². The normalized spacial score (nSPS) is 10.9. The van der Waals surface area contributed by atoms with Gasteiger partial charge < -0.3 is 10.1 Å². The molecule has 0 aliphatic heterocycles. The lowest BCUT2D eigenvalue weighted by atomic mass is 10.1. The molecule has 1 N–H and O–H groups in total. The number of benzene rings is 2. The molecular formula is C24H22Cl2N4OS. The lowest BCUT2D eigenvalue weighted by molar-refractivity contribution is 0.415. The zero-order valence-electron chi connectivity index (χ0n) is 17.9. The molecule has 0 unspecified atom stereocenters. The van der Waals surface area contributed by atoms with E-state index in [9.17, 15) is 0 Å². The number of rotatable bonds is 7. The Labute approximate surface area is 201 Å². The molecule has 0 fully saturated rings. The quantitative estimate of drug-likeness (QED) is 0.296. The highest BCUT2D eigenvalue weighted by atomic mass is 35.5. The van der Waals surface area contributed by atoms with Crippen molar-refractivity contribution in [3.05, 3.63) is 64.3 Å². The topological polar surface area (TPSA) is 59.9 Å². The van der Waals surface area contributed by atoms with Crippen LogP contribution in [0.15, 0.2) is 48.7 Å². The van der Waals surface area contributed by atoms with Crippen LogP contribution in [0.5, 0.6) is 5.75 Å². The Morgan fingerprint density at radius 3 is 2.34 bits per heavy atom. The minimum Gasteiger partial charge on any atom is -0.497 e. The van der Waals surface area contributed by atoms with Gasteiger partial charge in [-0.15, -0.1) is 0 Å². The van der Waals surface area contributed by atoms with E-state index in [1.807, 2.05) is 43.5 Å². The van der Waals surface area contributed by atoms with Crippen molar-refractivity contribution in [1.29, 1.82) is 0 Å². The largest absolute Gasteiger partial charge is 0.497 e. The number of ether oxygens (including phenoxy) is 1. The zero-order chi connectivity index (χ0) is 22.7. The lowest BCUT2D eigenvalue weighted by Gasteiger charge is -2.12. The number of nitrogens with one attached hydrogen (secondary N) is 1. The molecule has 4 rings (SSSR count). The molecule has 0 amide bonds. The van der Waals surface area contributed by atoms with Crippen molar-refractivity contribution < 1.29 is 4.74 Å². The second-order valence-corrected chi connectivity index (χ2v) is 9.10. The fourth-order valence-corrected chi connectivity index (χ4v) is 4.62. The van der Waals surface area contributed by atoms with Gasteiger partial charge in [0.25, 0.3) is 0 Å². The van der Waals surface area contributed by atoms with Gasteiger partial charge in [0.2, 0.25) is 0 Å². The molecule has 32 heavy (non-hydrogen) atoms. The van der Waals surface area contributed by atoms with E-state index < -0.39 is 0 Å². The van der Waals surface area contributed by atoms with Crippen LogP contribution in [0, 0.1) is 6.92 Å². The SMILES string of the molecule is CCCNc1ncc(-c2cc(-c3c(Cl)cc(OC)cc3Cl)nc(-c3ccc(C)cc3)n2)s1. The molecule has 8 heteroatoms. The van der Waals surface area contributed by atoms with Crippen molar-refractivity contribution in [1.82, 2.24) is 15.0 Å². The zero-order valence-corrected chi connectivity index (χ0v) is 20.3. The van der Waals surface area contributed by atoms with Crippen molar-refractivity contribution in [2.75, 3.05) is 19.0 Å². The van der Waals surface area contributed by atoms with Crippen LogP contribution in [0.4, 0.5) is 5.13 Å². The van der Waals surface area contributed by atoms with Crippen LogP contribution in [0.3, 0.4) is 0 Å². The molecule has 0 saturated heterocycles. The molecule has 0 atom stereocenters. The second-order valence-electron chi connectivity index (χ2n) is 7.25. The highest BCUT2D eigenvalue weighted by Crippen LogP contribution is 2.39. The average Bonchev–Trinajstić information content (AvgIpc) is 3.26. The van der Waals surface area contributed by atoms with Gasteiger partial charge in [-0.3, -0.25) is 0 Å². The number of hydrogen-bond donors (Lipinski definition) is 1. The summed E-state index contributed by atoms with van der Waals surface area (Å²) in [6.45, 7) is 5.04. The molecule has 164 valence electrons. The maximum absolute atomic E-state index is 6.58. The van der Waals surface area contributed by atoms with E-state index in [4.69, 9.17) is 37.9 Å². The van der Waals surface area contributed by atoms with E-state index >= 15 is 0 Å². The Morgan fingerprint density at radius 2 is 1.69 bits per heavy atom. The van der Waals surface area contributed by atoms with Crippen molar-refractivity contribution in [2.24, 2.45) is 0 Å². The Balaban J connectivity index is 1.87. The van der Waals surface area contributed by atoms with Gasteiger partial charge in [-0.25, -0.2) is 15.0 Å². The van der Waals surface area contributed by atoms with Gasteiger partial charge in [0.15, 0.2) is 11.0 Å². The van der Waals surface area contributed by atoms with Gasteiger partial charge >= 0.3 is 0 Å². The van der Waals surface area contributed by atoms with Crippen molar-refractivity contribution >= 4 is 39.7 Å². The Kier molecular flexibility index (Phi) is 6.94. The number of anilines is 1. The second kappa shape index (κ2) is 9.86. The molecule has 2 heterocycles. The highest BCUT2D eigenvalue weighted by Gasteiger charge is 2.17. The maximum atomic E-state index is 6.58. The first-order valence-electron chi connectivity index (χ1n) is 10.2. The third-order valence-corrected chi connectivity index (χ3v) is 6.40. The van der Waals surface area contributed by atoms with Gasteiger partial charge in [0.1, 0.15) is 5.75 Å². The molecule has 2 aromatic carbocycles. The summed E-state index contributed by atoms with van der Waals surface area (Å²) in [6.07, 6.45) is 2.85.